The van der Waals surface area contributed by atoms with Gasteiger partial charge in [-0.25, -0.2) is 0 Å². The molecule has 1 aliphatic rings. The molecule has 0 saturated heterocycles. The zero-order valence-electron chi connectivity index (χ0n) is 12.7. The molecule has 0 bridgehead atoms. The van der Waals surface area contributed by atoms with Gasteiger partial charge in [0.05, 0.1) is 0 Å². The van der Waals surface area contributed by atoms with Crippen LogP contribution >= 0.6 is 0 Å². The lowest BCUT2D eigenvalue weighted by Crippen LogP contribution is -2.13. The number of aliphatic carboxylic acids is 1. The Morgan fingerprint density at radius 1 is 1.05 bits per heavy atom. The molecular weight excluding hydrogens is 236 g/mol. The molecule has 0 amide bonds. The van der Waals surface area contributed by atoms with E-state index in [1.165, 1.54) is 70.6 Å². The monoisotopic (exact) mass is 268 g/mol. The first-order valence-corrected chi connectivity index (χ1v) is 8.45. The van der Waals surface area contributed by atoms with Gasteiger partial charge in [-0.2, -0.15) is 0 Å². The molecule has 0 aromatic rings. The minimum Gasteiger partial charge on any atom is -0.481 e. The van der Waals surface area contributed by atoms with E-state index in [1.807, 2.05) is 0 Å². The van der Waals surface area contributed by atoms with E-state index >= 15 is 0 Å². The van der Waals surface area contributed by atoms with Crippen molar-refractivity contribution in [2.45, 2.75) is 90.4 Å². The maximum atomic E-state index is 10.8. The van der Waals surface area contributed by atoms with Gasteiger partial charge in [0.25, 0.3) is 0 Å². The Morgan fingerprint density at radius 3 is 2.32 bits per heavy atom. The average molecular weight is 268 g/mol. The topological polar surface area (TPSA) is 37.3 Å². The third kappa shape index (κ3) is 7.59. The van der Waals surface area contributed by atoms with Crippen molar-refractivity contribution >= 4 is 5.97 Å². The van der Waals surface area contributed by atoms with Crippen LogP contribution in [0.25, 0.3) is 0 Å². The Labute approximate surface area is 119 Å². The van der Waals surface area contributed by atoms with Gasteiger partial charge in [0.1, 0.15) is 0 Å². The average Bonchev–Trinajstić information content (AvgIpc) is 2.90. The highest BCUT2D eigenvalue weighted by molar-refractivity contribution is 5.66. The van der Waals surface area contributed by atoms with E-state index in [0.29, 0.717) is 12.3 Å². The molecule has 2 heteroatoms. The molecule has 0 spiro atoms. The van der Waals surface area contributed by atoms with Gasteiger partial charge < -0.3 is 5.11 Å². The van der Waals surface area contributed by atoms with Gasteiger partial charge in [-0.3, -0.25) is 4.79 Å². The second-order valence-corrected chi connectivity index (χ2v) is 6.29. The largest absolute Gasteiger partial charge is 0.481 e. The van der Waals surface area contributed by atoms with E-state index in [1.54, 1.807) is 0 Å². The van der Waals surface area contributed by atoms with Gasteiger partial charge in [0.2, 0.25) is 0 Å². The smallest absolute Gasteiger partial charge is 0.303 e. The van der Waals surface area contributed by atoms with E-state index in [2.05, 4.69) is 6.92 Å². The molecule has 1 rings (SSSR count). The lowest BCUT2D eigenvalue weighted by molar-refractivity contribution is -0.137. The van der Waals surface area contributed by atoms with Gasteiger partial charge in [-0.1, -0.05) is 77.6 Å². The van der Waals surface area contributed by atoms with Crippen molar-refractivity contribution in [3.05, 3.63) is 0 Å². The van der Waals surface area contributed by atoms with Crippen LogP contribution in [0.4, 0.5) is 0 Å². The second-order valence-electron chi connectivity index (χ2n) is 6.29. The van der Waals surface area contributed by atoms with Crippen molar-refractivity contribution in [2.75, 3.05) is 0 Å². The summed E-state index contributed by atoms with van der Waals surface area (Å²) < 4.78 is 0. The van der Waals surface area contributed by atoms with Crippen molar-refractivity contribution in [3.8, 4) is 0 Å². The molecule has 19 heavy (non-hydrogen) atoms. The molecule has 1 N–H and O–H groups in total. The van der Waals surface area contributed by atoms with Crippen molar-refractivity contribution in [2.24, 2.45) is 11.8 Å². The molecule has 1 saturated carbocycles. The molecule has 2 nitrogen and oxygen atoms in total. The van der Waals surface area contributed by atoms with Gasteiger partial charge in [0, 0.05) is 6.42 Å². The summed E-state index contributed by atoms with van der Waals surface area (Å²) in [6.45, 7) is 2.25. The number of unbranched alkanes of at least 4 members (excludes halogenated alkanes) is 5. The van der Waals surface area contributed by atoms with Gasteiger partial charge in [0.15, 0.2) is 0 Å². The molecule has 0 radical (unpaired) electrons. The minimum absolute atomic E-state index is 0.372. The number of carboxylic acids is 1. The quantitative estimate of drug-likeness (QED) is 0.509. The molecule has 1 atom stereocenters. The minimum atomic E-state index is -0.619. The molecule has 1 fully saturated rings. The fraction of sp³-hybridized carbons (Fsp3) is 0.941. The summed E-state index contributed by atoms with van der Waals surface area (Å²) in [6, 6.07) is 0. The molecule has 0 aliphatic heterocycles. The van der Waals surface area contributed by atoms with Crippen molar-refractivity contribution in [1.82, 2.24) is 0 Å². The molecular formula is C17H32O2. The van der Waals surface area contributed by atoms with Crippen LogP contribution in [0.3, 0.4) is 0 Å². The summed E-state index contributed by atoms with van der Waals surface area (Å²) in [7, 11) is 0. The summed E-state index contributed by atoms with van der Waals surface area (Å²) >= 11 is 0. The van der Waals surface area contributed by atoms with Crippen molar-refractivity contribution in [3.63, 3.8) is 0 Å². The first-order chi connectivity index (χ1) is 9.24. The summed E-state index contributed by atoms with van der Waals surface area (Å²) in [4.78, 5) is 10.8. The number of carboxylic acid groups (broad SMARTS) is 1. The number of carbonyl (C=O) groups is 1. The van der Waals surface area contributed by atoms with Crippen LogP contribution in [-0.4, -0.2) is 11.1 Å². The molecule has 0 aromatic carbocycles. The highest BCUT2D eigenvalue weighted by Gasteiger charge is 2.24. The predicted octanol–water partition coefficient (Wildman–Crippen LogP) is 5.41. The van der Waals surface area contributed by atoms with Gasteiger partial charge in [-0.05, 0) is 18.3 Å². The fourth-order valence-corrected chi connectivity index (χ4v) is 3.54. The first kappa shape index (κ1) is 16.5. The normalized spacial score (nSPS) is 17.7. The second kappa shape index (κ2) is 10.3. The Kier molecular flexibility index (Phi) is 8.94. The van der Waals surface area contributed by atoms with E-state index in [-0.39, 0.29) is 0 Å². The van der Waals surface area contributed by atoms with E-state index < -0.39 is 5.97 Å². The number of hydrogen-bond donors (Lipinski definition) is 1. The Balaban J connectivity index is 2.18. The van der Waals surface area contributed by atoms with Crippen LogP contribution < -0.4 is 0 Å². The number of hydrogen-bond acceptors (Lipinski definition) is 1. The Morgan fingerprint density at radius 2 is 1.68 bits per heavy atom. The summed E-state index contributed by atoms with van der Waals surface area (Å²) in [5.41, 5.74) is 0. The zero-order chi connectivity index (χ0) is 13.9. The predicted molar refractivity (Wildman–Crippen MR) is 80.3 cm³/mol. The van der Waals surface area contributed by atoms with Crippen LogP contribution in [0.1, 0.15) is 90.4 Å². The van der Waals surface area contributed by atoms with Crippen LogP contribution in [0.15, 0.2) is 0 Å². The zero-order valence-corrected chi connectivity index (χ0v) is 12.7. The van der Waals surface area contributed by atoms with Crippen LogP contribution in [0.5, 0.6) is 0 Å². The number of rotatable bonds is 11. The van der Waals surface area contributed by atoms with E-state index in [4.69, 9.17) is 5.11 Å². The van der Waals surface area contributed by atoms with Crippen LogP contribution in [-0.2, 0) is 4.79 Å². The third-order valence-corrected chi connectivity index (χ3v) is 4.72. The lowest BCUT2D eigenvalue weighted by atomic mass is 9.83. The molecule has 1 aliphatic carbocycles. The summed E-state index contributed by atoms with van der Waals surface area (Å²) in [5.74, 6) is 0.894. The molecule has 112 valence electrons. The highest BCUT2D eigenvalue weighted by atomic mass is 16.4. The van der Waals surface area contributed by atoms with Crippen molar-refractivity contribution in [1.29, 1.82) is 0 Å². The standard InChI is InChI=1S/C17H32O2/c1-2-3-4-5-6-7-10-16(13-14-17(18)19)15-11-8-9-12-15/h15-16H,2-14H2,1H3,(H,18,19). The lowest BCUT2D eigenvalue weighted by Gasteiger charge is -2.22. The molecule has 0 aromatic heterocycles. The summed E-state index contributed by atoms with van der Waals surface area (Å²) in [6.07, 6.45) is 16.0. The van der Waals surface area contributed by atoms with E-state index in [0.717, 1.165) is 12.3 Å². The van der Waals surface area contributed by atoms with Crippen LogP contribution in [0, 0.1) is 11.8 Å². The maximum Gasteiger partial charge on any atom is 0.303 e. The Bertz CT molecular complexity index is 231. The molecule has 1 unspecified atom stereocenters. The van der Waals surface area contributed by atoms with Crippen molar-refractivity contribution < 1.29 is 9.90 Å². The SMILES string of the molecule is CCCCCCCCC(CCC(=O)O)C1CCCC1. The highest BCUT2D eigenvalue weighted by Crippen LogP contribution is 2.36. The fourth-order valence-electron chi connectivity index (χ4n) is 3.54. The Hall–Kier alpha value is -0.530. The first-order valence-electron chi connectivity index (χ1n) is 8.45. The van der Waals surface area contributed by atoms with Gasteiger partial charge in [-0.15, -0.1) is 0 Å². The van der Waals surface area contributed by atoms with Gasteiger partial charge >= 0.3 is 5.97 Å². The summed E-state index contributed by atoms with van der Waals surface area (Å²) in [5, 5.41) is 8.87. The maximum absolute atomic E-state index is 10.8. The van der Waals surface area contributed by atoms with Crippen LogP contribution in [0.2, 0.25) is 0 Å². The molecule has 0 heterocycles. The van der Waals surface area contributed by atoms with E-state index in [9.17, 15) is 4.79 Å². The third-order valence-electron chi connectivity index (χ3n) is 4.72.